The number of nitrogens with zero attached hydrogens (tertiary/aromatic N) is 4. The molecule has 3 atom stereocenters. The van der Waals surface area contributed by atoms with Crippen LogP contribution >= 0.6 is 0 Å². The first kappa shape index (κ1) is 48.0. The Kier molecular flexibility index (Phi) is 19.0. The van der Waals surface area contributed by atoms with Gasteiger partial charge in [0, 0.05) is 37.0 Å². The molecule has 0 aliphatic rings. The second kappa shape index (κ2) is 24.5. The molecule has 328 valence electrons. The molecule has 5 aromatic rings. The second-order valence-corrected chi connectivity index (χ2v) is 15.4. The van der Waals surface area contributed by atoms with E-state index in [1.54, 1.807) is 27.7 Å². The molecule has 14 nitrogen and oxygen atoms in total. The maximum atomic E-state index is 12.8. The summed E-state index contributed by atoms with van der Waals surface area (Å²) in [6.45, 7) is 9.60. The molecule has 0 aliphatic carbocycles. The number of amides is 2. The predicted octanol–water partition coefficient (Wildman–Crippen LogP) is 5.33. The number of carboxylic acid groups (broad SMARTS) is 2. The summed E-state index contributed by atoms with van der Waals surface area (Å²) in [4.78, 5) is 60.9. The maximum absolute atomic E-state index is 12.8. The zero-order valence-corrected chi connectivity index (χ0v) is 36.0. The molecule has 0 fully saturated rings. The third kappa shape index (κ3) is 14.8. The second-order valence-electron chi connectivity index (χ2n) is 15.4. The lowest BCUT2D eigenvalue weighted by Crippen LogP contribution is -2.52. The van der Waals surface area contributed by atoms with Crippen LogP contribution in [0.4, 0.5) is 0 Å². The Morgan fingerprint density at radius 1 is 0.742 bits per heavy atom. The molecule has 14 heteroatoms. The van der Waals surface area contributed by atoms with E-state index in [0.29, 0.717) is 31.7 Å². The van der Waals surface area contributed by atoms with E-state index >= 15 is 0 Å². The number of benzene rings is 4. The first-order valence-corrected chi connectivity index (χ1v) is 21.0. The molecular formula is C48H56N6O8-2. The number of hydrogen-bond donors (Lipinski definition) is 2. The van der Waals surface area contributed by atoms with Gasteiger partial charge >= 0.3 is 5.97 Å². The van der Waals surface area contributed by atoms with E-state index in [0.717, 1.165) is 51.8 Å². The van der Waals surface area contributed by atoms with Gasteiger partial charge in [0.25, 0.3) is 0 Å². The van der Waals surface area contributed by atoms with Gasteiger partial charge in [-0.25, -0.2) is 0 Å². The van der Waals surface area contributed by atoms with Gasteiger partial charge in [-0.05, 0) is 77.1 Å². The highest BCUT2D eigenvalue weighted by Crippen LogP contribution is 2.30. The lowest BCUT2D eigenvalue weighted by Gasteiger charge is -2.35. The fourth-order valence-corrected chi connectivity index (χ4v) is 7.03. The number of carbonyl (C=O) groups excluding carboxylic acids is 5. The van der Waals surface area contributed by atoms with Crippen LogP contribution in [0.5, 0.6) is 0 Å². The van der Waals surface area contributed by atoms with Gasteiger partial charge in [0.15, 0.2) is 0 Å². The zero-order valence-electron chi connectivity index (χ0n) is 36.0. The fourth-order valence-electron chi connectivity index (χ4n) is 7.03. The van der Waals surface area contributed by atoms with E-state index in [-0.39, 0.29) is 55.0 Å². The van der Waals surface area contributed by atoms with E-state index in [1.165, 1.54) is 4.90 Å². The van der Waals surface area contributed by atoms with Crippen molar-refractivity contribution in [3.8, 4) is 33.6 Å². The quantitative estimate of drug-likeness (QED) is 0.0902. The van der Waals surface area contributed by atoms with Gasteiger partial charge in [-0.3, -0.25) is 14.4 Å². The van der Waals surface area contributed by atoms with E-state index < -0.39 is 18.0 Å². The first-order chi connectivity index (χ1) is 29.8. The maximum Gasteiger partial charge on any atom is 0.308 e. The fraction of sp³-hybridized carbons (Fsp3) is 0.375. The van der Waals surface area contributed by atoms with E-state index in [9.17, 15) is 34.2 Å². The topological polar surface area (TPSA) is 210 Å². The van der Waals surface area contributed by atoms with Crippen molar-refractivity contribution in [2.75, 3.05) is 6.61 Å². The molecule has 0 saturated heterocycles. The average molecular weight is 845 g/mol. The molecule has 0 aliphatic heterocycles. The van der Waals surface area contributed by atoms with Gasteiger partial charge in [0.2, 0.25) is 17.6 Å². The van der Waals surface area contributed by atoms with Gasteiger partial charge in [-0.15, -0.1) is 10.2 Å². The Morgan fingerprint density at radius 2 is 1.35 bits per heavy atom. The van der Waals surface area contributed by atoms with Gasteiger partial charge < -0.3 is 34.8 Å². The van der Waals surface area contributed by atoms with Crippen LogP contribution in [0.3, 0.4) is 0 Å². The summed E-state index contributed by atoms with van der Waals surface area (Å²) in [5.41, 5.74) is 6.83. The van der Waals surface area contributed by atoms with Crippen LogP contribution in [0.1, 0.15) is 84.3 Å². The highest BCUT2D eigenvalue weighted by atomic mass is 16.5. The SMILES string of the molecule is CCCCC(=O)N(Cc1ccc(-c2ccccc2-c2nn[nH]n2)cc1)[C@H](C(=O)[O-])C(C)C.CCOC(=O)[C@@H](C)C[C@@H](Cc1ccc(-c2ccccc2)cc1)NC(=O)CCC(=O)[O-]. The van der Waals surface area contributed by atoms with Crippen molar-refractivity contribution < 1.29 is 38.9 Å². The van der Waals surface area contributed by atoms with Crippen LogP contribution in [-0.2, 0) is 41.7 Å². The number of ether oxygens (including phenoxy) is 1. The number of aromatic nitrogens is 4. The minimum Gasteiger partial charge on any atom is -0.550 e. The lowest BCUT2D eigenvalue weighted by atomic mass is 9.94. The standard InChI is InChI=1S/C24H29N5O3.C24H29NO5/c1-4-5-10-21(30)29(22(16(2)3)24(31)32)15-17-11-13-18(14-12-17)19-8-6-7-9-20(19)23-25-27-28-26-23;1-3-30-24(29)17(2)15-21(25-22(26)13-14-23(27)28)16-18-9-11-20(12-10-18)19-7-5-4-6-8-19/h6-9,11-14,16,22H,4-5,10,15H2,1-3H3,(H,31,32)(H,25,26,27,28);4-12,17,21H,3,13-16H2,1-2H3,(H,25,26)(H,27,28)/p-2/t22-;17-,21-/m00/s1. The molecular weight excluding hydrogens is 789 g/mol. The summed E-state index contributed by atoms with van der Waals surface area (Å²) >= 11 is 0. The van der Waals surface area contributed by atoms with Crippen molar-refractivity contribution in [3.63, 3.8) is 0 Å². The number of tetrazole rings is 1. The number of hydrogen-bond acceptors (Lipinski definition) is 11. The number of nitrogens with one attached hydrogen (secondary N) is 2. The van der Waals surface area contributed by atoms with Crippen molar-refractivity contribution in [3.05, 3.63) is 114 Å². The number of carboxylic acids is 2. The van der Waals surface area contributed by atoms with Gasteiger partial charge in [-0.2, -0.15) is 5.21 Å². The summed E-state index contributed by atoms with van der Waals surface area (Å²) in [6.07, 6.45) is 2.34. The summed E-state index contributed by atoms with van der Waals surface area (Å²) in [5, 5.41) is 39.5. The molecule has 0 unspecified atom stereocenters. The molecule has 0 bridgehead atoms. The molecule has 0 saturated carbocycles. The van der Waals surface area contributed by atoms with Crippen molar-refractivity contribution in [2.45, 2.75) is 98.2 Å². The number of esters is 1. The Bertz CT molecular complexity index is 2180. The number of H-pyrrole nitrogens is 1. The number of aromatic amines is 1. The number of unbranched alkanes of at least 4 members (excludes halogenated alkanes) is 1. The third-order valence-electron chi connectivity index (χ3n) is 10.2. The van der Waals surface area contributed by atoms with Gasteiger partial charge in [-0.1, -0.05) is 137 Å². The van der Waals surface area contributed by atoms with Gasteiger partial charge in [0.1, 0.15) is 0 Å². The molecule has 1 heterocycles. The highest BCUT2D eigenvalue weighted by Gasteiger charge is 2.27. The number of rotatable bonds is 21. The Balaban J connectivity index is 0.000000273. The van der Waals surface area contributed by atoms with E-state index in [2.05, 4.69) is 25.9 Å². The highest BCUT2D eigenvalue weighted by molar-refractivity contribution is 5.84. The van der Waals surface area contributed by atoms with Crippen LogP contribution in [0.2, 0.25) is 0 Å². The Hall–Kier alpha value is -6.70. The summed E-state index contributed by atoms with van der Waals surface area (Å²) in [6, 6.07) is 32.2. The smallest absolute Gasteiger partial charge is 0.308 e. The van der Waals surface area contributed by atoms with Crippen LogP contribution in [0.25, 0.3) is 33.6 Å². The predicted molar refractivity (Wildman–Crippen MR) is 231 cm³/mol. The minimum absolute atomic E-state index is 0.153. The van der Waals surface area contributed by atoms with Crippen molar-refractivity contribution in [1.29, 1.82) is 0 Å². The van der Waals surface area contributed by atoms with Crippen molar-refractivity contribution in [2.24, 2.45) is 11.8 Å². The van der Waals surface area contributed by atoms with Crippen LogP contribution in [0.15, 0.2) is 103 Å². The van der Waals surface area contributed by atoms with Crippen molar-refractivity contribution >= 4 is 29.7 Å². The van der Waals surface area contributed by atoms with Gasteiger partial charge in [0.05, 0.1) is 24.5 Å². The third-order valence-corrected chi connectivity index (χ3v) is 10.2. The molecule has 4 aromatic carbocycles. The number of aliphatic carboxylic acids is 2. The number of carbonyl (C=O) groups is 5. The van der Waals surface area contributed by atoms with Crippen LogP contribution in [0, 0.1) is 11.8 Å². The van der Waals surface area contributed by atoms with Crippen molar-refractivity contribution in [1.82, 2.24) is 30.8 Å². The molecule has 0 spiro atoms. The normalized spacial score (nSPS) is 12.3. The lowest BCUT2D eigenvalue weighted by molar-refractivity contribution is -0.313. The monoisotopic (exact) mass is 844 g/mol. The molecule has 0 radical (unpaired) electrons. The summed E-state index contributed by atoms with van der Waals surface area (Å²) in [5.74, 6) is -3.49. The Morgan fingerprint density at radius 3 is 1.94 bits per heavy atom. The minimum atomic E-state index is -1.27. The van der Waals surface area contributed by atoms with Crippen LogP contribution in [-0.4, -0.2) is 73.9 Å². The molecule has 62 heavy (non-hydrogen) atoms. The first-order valence-electron chi connectivity index (χ1n) is 21.0. The van der Waals surface area contributed by atoms with Crippen LogP contribution < -0.4 is 15.5 Å². The summed E-state index contributed by atoms with van der Waals surface area (Å²) in [7, 11) is 0. The largest absolute Gasteiger partial charge is 0.550 e. The summed E-state index contributed by atoms with van der Waals surface area (Å²) < 4.78 is 5.07. The molecule has 2 amide bonds. The Labute approximate surface area is 363 Å². The van der Waals surface area contributed by atoms with E-state index in [1.807, 2.05) is 110 Å². The average Bonchev–Trinajstić information content (AvgIpc) is 3.81. The van der Waals surface area contributed by atoms with E-state index in [4.69, 9.17) is 4.74 Å². The molecule has 2 N–H and O–H groups in total. The molecule has 1 aromatic heterocycles. The zero-order chi connectivity index (χ0) is 45.0. The molecule has 5 rings (SSSR count).